The summed E-state index contributed by atoms with van der Waals surface area (Å²) in [4.78, 5) is 30.8. The lowest BCUT2D eigenvalue weighted by molar-refractivity contribution is -0.122. The van der Waals surface area contributed by atoms with Crippen molar-refractivity contribution in [2.45, 2.75) is 26.4 Å². The minimum absolute atomic E-state index is 0.00347. The zero-order valence-corrected chi connectivity index (χ0v) is 17.9. The summed E-state index contributed by atoms with van der Waals surface area (Å²) in [6.07, 6.45) is 1.96. The van der Waals surface area contributed by atoms with Gasteiger partial charge < -0.3 is 15.0 Å². The molecule has 3 rings (SSSR count). The number of nitrogens with zero attached hydrogens (tertiary/aromatic N) is 2. The predicted octanol–water partition coefficient (Wildman–Crippen LogP) is 3.43. The Morgan fingerprint density at radius 3 is 2.48 bits per heavy atom. The maximum Gasteiger partial charge on any atom is 0.253 e. The molecule has 0 saturated heterocycles. The molecule has 1 heterocycles. The van der Waals surface area contributed by atoms with Gasteiger partial charge in [-0.3, -0.25) is 14.6 Å². The highest BCUT2D eigenvalue weighted by molar-refractivity contribution is 5.94. The van der Waals surface area contributed by atoms with Crippen molar-refractivity contribution in [3.8, 4) is 0 Å². The van der Waals surface area contributed by atoms with E-state index in [9.17, 15) is 9.59 Å². The van der Waals surface area contributed by atoms with E-state index < -0.39 is 0 Å². The zero-order chi connectivity index (χ0) is 22.1. The van der Waals surface area contributed by atoms with Crippen LogP contribution in [0.1, 0.15) is 22.4 Å². The van der Waals surface area contributed by atoms with Gasteiger partial charge in [-0.15, -0.1) is 0 Å². The fraction of sp³-hybridized carbons (Fsp3) is 0.240. The molecular weight excluding hydrogens is 390 g/mol. The van der Waals surface area contributed by atoms with Gasteiger partial charge in [-0.2, -0.15) is 0 Å². The van der Waals surface area contributed by atoms with Crippen molar-refractivity contribution in [2.24, 2.45) is 0 Å². The first-order valence-corrected chi connectivity index (χ1v) is 10.2. The molecule has 3 aromatic rings. The van der Waals surface area contributed by atoms with Gasteiger partial charge >= 0.3 is 0 Å². The van der Waals surface area contributed by atoms with Crippen molar-refractivity contribution < 1.29 is 14.3 Å². The second-order valence-corrected chi connectivity index (χ2v) is 7.34. The molecule has 0 atom stereocenters. The summed E-state index contributed by atoms with van der Waals surface area (Å²) in [5.74, 6) is -0.199. The van der Waals surface area contributed by atoms with Gasteiger partial charge in [-0.05, 0) is 42.3 Å². The largest absolute Gasteiger partial charge is 0.375 e. The van der Waals surface area contributed by atoms with E-state index in [1.807, 2.05) is 67.6 Å². The number of carbonyl (C=O) groups excluding carboxylic acids is 2. The van der Waals surface area contributed by atoms with Crippen LogP contribution in [0.25, 0.3) is 0 Å². The molecule has 0 spiro atoms. The second kappa shape index (κ2) is 11.0. The van der Waals surface area contributed by atoms with Crippen LogP contribution in [0, 0.1) is 6.92 Å². The molecule has 0 aliphatic heterocycles. The number of hydrogen-bond acceptors (Lipinski definition) is 4. The van der Waals surface area contributed by atoms with Crippen LogP contribution in [0.3, 0.4) is 0 Å². The third-order valence-electron chi connectivity index (χ3n) is 4.80. The van der Waals surface area contributed by atoms with Crippen molar-refractivity contribution in [1.29, 1.82) is 0 Å². The summed E-state index contributed by atoms with van der Waals surface area (Å²) in [6.45, 7) is 2.88. The number of hydrogen-bond donors (Lipinski definition) is 1. The third-order valence-corrected chi connectivity index (χ3v) is 4.80. The highest BCUT2D eigenvalue weighted by Gasteiger charge is 2.16. The SMILES string of the molecule is COCC(=O)N(Cc1cccc(C)c1)c1ccc(CC(=O)NCc2ccccn2)cc1. The Morgan fingerprint density at radius 2 is 1.81 bits per heavy atom. The van der Waals surface area contributed by atoms with Crippen LogP contribution in [0.15, 0.2) is 72.9 Å². The Kier molecular flexibility index (Phi) is 7.90. The molecule has 160 valence electrons. The fourth-order valence-corrected chi connectivity index (χ4v) is 3.25. The van der Waals surface area contributed by atoms with E-state index in [-0.39, 0.29) is 24.8 Å². The number of ether oxygens (including phenoxy) is 1. The first kappa shape index (κ1) is 22.2. The second-order valence-electron chi connectivity index (χ2n) is 7.34. The molecule has 6 nitrogen and oxygen atoms in total. The van der Waals surface area contributed by atoms with E-state index in [2.05, 4.69) is 16.4 Å². The fourth-order valence-electron chi connectivity index (χ4n) is 3.25. The minimum Gasteiger partial charge on any atom is -0.375 e. The molecular formula is C25H27N3O3. The molecule has 6 heteroatoms. The van der Waals surface area contributed by atoms with Crippen LogP contribution in [0.5, 0.6) is 0 Å². The lowest BCUT2D eigenvalue weighted by atomic mass is 10.1. The van der Waals surface area contributed by atoms with Crippen LogP contribution in [-0.4, -0.2) is 30.5 Å². The maximum atomic E-state index is 12.6. The molecule has 0 radical (unpaired) electrons. The van der Waals surface area contributed by atoms with Crippen molar-refractivity contribution >= 4 is 17.5 Å². The van der Waals surface area contributed by atoms with Gasteiger partial charge in [0.2, 0.25) is 5.91 Å². The van der Waals surface area contributed by atoms with E-state index in [0.717, 1.165) is 28.1 Å². The van der Waals surface area contributed by atoms with Gasteiger partial charge in [-0.25, -0.2) is 0 Å². The average molecular weight is 418 g/mol. The molecule has 31 heavy (non-hydrogen) atoms. The predicted molar refractivity (Wildman–Crippen MR) is 120 cm³/mol. The Balaban J connectivity index is 1.65. The van der Waals surface area contributed by atoms with E-state index >= 15 is 0 Å². The number of carbonyl (C=O) groups is 2. The van der Waals surface area contributed by atoms with Crippen LogP contribution >= 0.6 is 0 Å². The molecule has 0 fully saturated rings. The van der Waals surface area contributed by atoms with Gasteiger partial charge in [-0.1, -0.05) is 48.0 Å². The monoisotopic (exact) mass is 417 g/mol. The standard InChI is InChI=1S/C25H27N3O3/c1-19-6-5-7-21(14-19)17-28(25(30)18-31-2)23-11-9-20(10-12-23)15-24(29)27-16-22-8-3-4-13-26-22/h3-14H,15-18H2,1-2H3,(H,27,29). The molecule has 0 saturated carbocycles. The average Bonchev–Trinajstić information content (AvgIpc) is 2.78. The van der Waals surface area contributed by atoms with Crippen LogP contribution in [0.4, 0.5) is 5.69 Å². The number of aryl methyl sites for hydroxylation is 1. The highest BCUT2D eigenvalue weighted by atomic mass is 16.5. The lowest BCUT2D eigenvalue weighted by Gasteiger charge is -2.23. The first-order chi connectivity index (χ1) is 15.0. The lowest BCUT2D eigenvalue weighted by Crippen LogP contribution is -2.33. The van der Waals surface area contributed by atoms with E-state index in [1.54, 1.807) is 11.1 Å². The number of rotatable bonds is 9. The number of aromatic nitrogens is 1. The Morgan fingerprint density at radius 1 is 1.00 bits per heavy atom. The Hall–Kier alpha value is -3.51. The molecule has 0 unspecified atom stereocenters. The van der Waals surface area contributed by atoms with Gasteiger partial charge in [0.15, 0.2) is 0 Å². The normalized spacial score (nSPS) is 10.5. The van der Waals surface area contributed by atoms with Crippen LogP contribution < -0.4 is 10.2 Å². The summed E-state index contributed by atoms with van der Waals surface area (Å²) < 4.78 is 5.06. The van der Waals surface area contributed by atoms with Crippen molar-refractivity contribution in [3.05, 3.63) is 95.3 Å². The number of anilines is 1. The number of methoxy groups -OCH3 is 1. The number of pyridine rings is 1. The highest BCUT2D eigenvalue weighted by Crippen LogP contribution is 2.20. The molecule has 0 aliphatic rings. The van der Waals surface area contributed by atoms with Crippen LogP contribution in [-0.2, 0) is 33.8 Å². The number of nitrogens with one attached hydrogen (secondary N) is 1. The summed E-state index contributed by atoms with van der Waals surface area (Å²) in [5, 5.41) is 2.88. The zero-order valence-electron chi connectivity index (χ0n) is 17.9. The van der Waals surface area contributed by atoms with Crippen LogP contribution in [0.2, 0.25) is 0 Å². The van der Waals surface area contributed by atoms with Gasteiger partial charge in [0.05, 0.1) is 25.2 Å². The minimum atomic E-state index is -0.120. The summed E-state index contributed by atoms with van der Waals surface area (Å²) in [5.41, 5.74) is 4.64. The molecule has 0 bridgehead atoms. The van der Waals surface area contributed by atoms with Crippen molar-refractivity contribution in [3.63, 3.8) is 0 Å². The maximum absolute atomic E-state index is 12.6. The molecule has 2 aromatic carbocycles. The van der Waals surface area contributed by atoms with Gasteiger partial charge in [0.25, 0.3) is 5.91 Å². The van der Waals surface area contributed by atoms with E-state index in [4.69, 9.17) is 4.74 Å². The van der Waals surface area contributed by atoms with Gasteiger partial charge in [0.1, 0.15) is 6.61 Å². The quantitative estimate of drug-likeness (QED) is 0.579. The summed E-state index contributed by atoms with van der Waals surface area (Å²) in [7, 11) is 1.51. The van der Waals surface area contributed by atoms with Crippen molar-refractivity contribution in [2.75, 3.05) is 18.6 Å². The third kappa shape index (κ3) is 6.76. The molecule has 0 aliphatic carbocycles. The summed E-state index contributed by atoms with van der Waals surface area (Å²) >= 11 is 0. The topological polar surface area (TPSA) is 71.5 Å². The van der Waals surface area contributed by atoms with Crippen molar-refractivity contribution in [1.82, 2.24) is 10.3 Å². The number of benzene rings is 2. The number of amides is 2. The smallest absolute Gasteiger partial charge is 0.253 e. The van der Waals surface area contributed by atoms with E-state index in [0.29, 0.717) is 13.1 Å². The first-order valence-electron chi connectivity index (χ1n) is 10.2. The molecule has 1 aromatic heterocycles. The molecule has 1 N–H and O–H groups in total. The summed E-state index contributed by atoms with van der Waals surface area (Å²) in [6, 6.07) is 21.2. The Labute approximate surface area is 182 Å². The van der Waals surface area contributed by atoms with Gasteiger partial charge in [0, 0.05) is 19.0 Å². The molecule has 2 amide bonds. The van der Waals surface area contributed by atoms with E-state index in [1.165, 1.54) is 7.11 Å². The Bertz CT molecular complexity index is 1000.